The van der Waals surface area contributed by atoms with Crippen LogP contribution in [0.3, 0.4) is 0 Å². The topological polar surface area (TPSA) is 82.2 Å². The van der Waals surface area contributed by atoms with Crippen LogP contribution in [-0.4, -0.2) is 63.1 Å². The Morgan fingerprint density at radius 3 is 0.960 bits per heavy atom. The Balaban J connectivity index is 1.01. The largest absolute Gasteiger partial charge is 0.490 e. The molecular weight excluding hydrogens is 628 g/mol. The van der Waals surface area contributed by atoms with E-state index in [1.54, 1.807) is 0 Å². The number of aryl methyl sites for hydroxylation is 8. The van der Waals surface area contributed by atoms with Gasteiger partial charge in [0.25, 0.3) is 0 Å². The van der Waals surface area contributed by atoms with Crippen LogP contribution in [0.25, 0.3) is 0 Å². The molecule has 4 aromatic carbocycles. The lowest BCUT2D eigenvalue weighted by Gasteiger charge is -2.19. The second-order valence-electron chi connectivity index (χ2n) is 14.4. The molecule has 0 aromatic heterocycles. The Labute approximate surface area is 297 Å². The molecule has 7 nitrogen and oxygen atoms in total. The van der Waals surface area contributed by atoms with Crippen molar-refractivity contribution in [3.8, 4) is 23.0 Å². The fourth-order valence-electron chi connectivity index (χ4n) is 7.04. The number of hydrogen-bond donors (Lipinski definition) is 1. The lowest BCUT2D eigenvalue weighted by Crippen LogP contribution is -2.25. The van der Waals surface area contributed by atoms with Gasteiger partial charge in [0.05, 0.1) is 13.2 Å². The molecule has 2 fully saturated rings. The maximum atomic E-state index is 10.8. The third-order valence-electron chi connectivity index (χ3n) is 9.37. The number of hydrogen-bond acceptors (Lipinski definition) is 7. The van der Waals surface area contributed by atoms with Crippen molar-refractivity contribution in [1.82, 2.24) is 0 Å². The van der Waals surface area contributed by atoms with Crippen molar-refractivity contribution in [2.75, 3.05) is 39.6 Å². The summed E-state index contributed by atoms with van der Waals surface area (Å²) in [6, 6.07) is 17.5. The highest BCUT2D eigenvalue weighted by Crippen LogP contribution is 2.32. The van der Waals surface area contributed by atoms with Crippen LogP contribution in [0.15, 0.2) is 48.5 Å². The van der Waals surface area contributed by atoms with Crippen molar-refractivity contribution >= 4 is 0 Å². The first-order chi connectivity index (χ1) is 23.9. The number of aliphatic hydroxyl groups excluding tert-OH is 1. The highest BCUT2D eigenvalue weighted by atomic mass is 16.6. The van der Waals surface area contributed by atoms with Gasteiger partial charge in [-0.3, -0.25) is 0 Å². The minimum absolute atomic E-state index is 0.148. The van der Waals surface area contributed by atoms with Crippen LogP contribution in [0, 0.1) is 55.4 Å². The van der Waals surface area contributed by atoms with Crippen LogP contribution in [0.4, 0.5) is 0 Å². The molecule has 2 saturated heterocycles. The van der Waals surface area contributed by atoms with E-state index in [1.807, 2.05) is 0 Å². The Morgan fingerprint density at radius 1 is 0.480 bits per heavy atom. The lowest BCUT2D eigenvalue weighted by atomic mass is 9.97. The Bertz CT molecular complexity index is 1610. The van der Waals surface area contributed by atoms with Gasteiger partial charge in [-0.25, -0.2) is 0 Å². The Morgan fingerprint density at radius 2 is 0.720 bits per heavy atom. The second kappa shape index (κ2) is 15.5. The molecule has 0 aliphatic carbocycles. The van der Waals surface area contributed by atoms with Crippen LogP contribution in [0.5, 0.6) is 23.0 Å². The van der Waals surface area contributed by atoms with E-state index >= 15 is 0 Å². The maximum absolute atomic E-state index is 10.8. The van der Waals surface area contributed by atoms with E-state index in [0.29, 0.717) is 13.2 Å². The lowest BCUT2D eigenvalue weighted by molar-refractivity contribution is 0.0617. The van der Waals surface area contributed by atoms with Crippen molar-refractivity contribution in [2.24, 2.45) is 0 Å². The van der Waals surface area contributed by atoms with Gasteiger partial charge in [0.1, 0.15) is 67.7 Å². The van der Waals surface area contributed by atoms with E-state index in [9.17, 15) is 5.11 Å². The SMILES string of the molecule is Cc1cc(Cc2cc(C)c(OCC3CO3)c(C)c2)cc(C)c1OCC(O)COc1c(C)cc(Cc2cc(C)c(OCC3CO3)c(C)c2)cc1C. The molecule has 1 N–H and O–H groups in total. The summed E-state index contributed by atoms with van der Waals surface area (Å²) in [5, 5.41) is 10.8. The minimum atomic E-state index is -0.775. The van der Waals surface area contributed by atoms with E-state index < -0.39 is 6.10 Å². The van der Waals surface area contributed by atoms with Gasteiger partial charge in [0.2, 0.25) is 0 Å². The van der Waals surface area contributed by atoms with Gasteiger partial charge >= 0.3 is 0 Å². The summed E-state index contributed by atoms with van der Waals surface area (Å²) in [5.74, 6) is 3.54. The Hall–Kier alpha value is -4.04. The smallest absolute Gasteiger partial charge is 0.125 e. The first kappa shape index (κ1) is 35.8. The van der Waals surface area contributed by atoms with Crippen molar-refractivity contribution in [1.29, 1.82) is 0 Å². The molecule has 6 rings (SSSR count). The predicted octanol–water partition coefficient (Wildman–Crippen LogP) is 7.71. The molecule has 0 bridgehead atoms. The van der Waals surface area contributed by atoms with Crippen LogP contribution in [0.1, 0.15) is 66.8 Å². The summed E-state index contributed by atoms with van der Waals surface area (Å²) in [6.07, 6.45) is 1.34. The summed E-state index contributed by atoms with van der Waals surface area (Å²) in [7, 11) is 0. The highest BCUT2D eigenvalue weighted by Gasteiger charge is 2.25. The van der Waals surface area contributed by atoms with Crippen LogP contribution in [0.2, 0.25) is 0 Å². The molecule has 2 aliphatic heterocycles. The molecule has 7 heteroatoms. The molecule has 2 atom stereocenters. The quantitative estimate of drug-likeness (QED) is 0.121. The monoisotopic (exact) mass is 680 g/mol. The molecular formula is C43H52O7. The van der Waals surface area contributed by atoms with Crippen LogP contribution < -0.4 is 18.9 Å². The minimum Gasteiger partial charge on any atom is -0.490 e. The first-order valence-corrected chi connectivity index (χ1v) is 17.8. The normalized spacial score (nSPS) is 17.0. The zero-order valence-corrected chi connectivity index (χ0v) is 30.9. The molecule has 50 heavy (non-hydrogen) atoms. The van der Waals surface area contributed by atoms with Gasteiger partial charge in [-0.15, -0.1) is 0 Å². The van der Waals surface area contributed by atoms with Crippen molar-refractivity contribution in [3.63, 3.8) is 0 Å². The third-order valence-corrected chi connectivity index (χ3v) is 9.37. The average Bonchev–Trinajstić information content (AvgIpc) is 3.96. The van der Waals surface area contributed by atoms with Gasteiger partial charge in [0, 0.05) is 0 Å². The Kier molecular flexibility index (Phi) is 11.1. The third kappa shape index (κ3) is 9.19. The van der Waals surface area contributed by atoms with E-state index in [1.165, 1.54) is 22.3 Å². The highest BCUT2D eigenvalue weighted by molar-refractivity contribution is 5.49. The van der Waals surface area contributed by atoms with Gasteiger partial charge < -0.3 is 33.5 Å². The molecule has 0 spiro atoms. The zero-order chi connectivity index (χ0) is 35.5. The predicted molar refractivity (Wildman–Crippen MR) is 197 cm³/mol. The van der Waals surface area contributed by atoms with Crippen molar-refractivity contribution in [2.45, 2.75) is 86.5 Å². The van der Waals surface area contributed by atoms with E-state index in [-0.39, 0.29) is 25.4 Å². The summed E-state index contributed by atoms with van der Waals surface area (Å²) in [5.41, 5.74) is 13.7. The van der Waals surface area contributed by atoms with Gasteiger partial charge in [-0.1, -0.05) is 48.5 Å². The van der Waals surface area contributed by atoms with Crippen molar-refractivity contribution < 1.29 is 33.5 Å². The number of ether oxygens (including phenoxy) is 6. The summed E-state index contributed by atoms with van der Waals surface area (Å²) in [4.78, 5) is 0. The van der Waals surface area contributed by atoms with Gasteiger partial charge in [-0.05, 0) is 135 Å². The second-order valence-corrected chi connectivity index (χ2v) is 14.4. The molecule has 0 saturated carbocycles. The van der Waals surface area contributed by atoms with E-state index in [0.717, 1.165) is 93.6 Å². The molecule has 0 radical (unpaired) electrons. The molecule has 2 unspecified atom stereocenters. The van der Waals surface area contributed by atoms with E-state index in [2.05, 4.69) is 104 Å². The summed E-state index contributed by atoms with van der Waals surface area (Å²) < 4.78 is 34.9. The van der Waals surface area contributed by atoms with Gasteiger partial charge in [0.15, 0.2) is 0 Å². The summed E-state index contributed by atoms with van der Waals surface area (Å²) >= 11 is 0. The van der Waals surface area contributed by atoms with E-state index in [4.69, 9.17) is 28.4 Å². The van der Waals surface area contributed by atoms with Gasteiger partial charge in [-0.2, -0.15) is 0 Å². The average molecular weight is 681 g/mol. The standard InChI is InChI=1S/C43H52O7/c1-25-9-33(17-35-13-29(5)42(30(6)14-35)49-23-38-21-45-38)10-26(2)40(25)47-19-37(44)20-48-41-27(3)11-34(12-28(41)4)18-36-15-31(7)43(32(8)16-36)50-24-39-22-46-39/h9-16,37-39,44H,17-24H2,1-8H3. The fraction of sp³-hybridized carbons (Fsp3) is 0.442. The number of rotatable bonds is 16. The molecule has 266 valence electrons. The molecule has 4 aromatic rings. The number of aliphatic hydroxyl groups is 1. The molecule has 0 amide bonds. The summed E-state index contributed by atoms with van der Waals surface area (Å²) in [6.45, 7) is 19.8. The maximum Gasteiger partial charge on any atom is 0.125 e. The molecule has 2 heterocycles. The van der Waals surface area contributed by atoms with Crippen molar-refractivity contribution in [3.05, 3.63) is 115 Å². The van der Waals surface area contributed by atoms with Crippen LogP contribution >= 0.6 is 0 Å². The van der Waals surface area contributed by atoms with Crippen LogP contribution in [-0.2, 0) is 22.3 Å². The fourth-order valence-corrected chi connectivity index (χ4v) is 7.04. The zero-order valence-electron chi connectivity index (χ0n) is 30.9. The number of epoxide rings is 2. The number of benzene rings is 4. The molecule has 2 aliphatic rings. The first-order valence-electron chi connectivity index (χ1n) is 17.8.